The molecule has 0 aliphatic rings. The molecular formula is C19H20O3. The zero-order valence-corrected chi connectivity index (χ0v) is 12.7. The summed E-state index contributed by atoms with van der Waals surface area (Å²) in [5.41, 5.74) is 2.57. The molecule has 0 saturated heterocycles. The first kappa shape index (κ1) is 15.8. The van der Waals surface area contributed by atoms with Crippen molar-refractivity contribution in [2.75, 3.05) is 13.2 Å². The first-order chi connectivity index (χ1) is 10.7. The van der Waals surface area contributed by atoms with Crippen LogP contribution in [0.1, 0.15) is 21.5 Å². The lowest BCUT2D eigenvalue weighted by atomic mass is 10.0. The molecule has 0 saturated carbocycles. The van der Waals surface area contributed by atoms with E-state index in [9.17, 15) is 4.79 Å². The number of hydrogen-bond acceptors (Lipinski definition) is 3. The molecule has 2 rings (SSSR count). The van der Waals surface area contributed by atoms with Crippen LogP contribution in [0.4, 0.5) is 0 Å². The maximum absolute atomic E-state index is 11.3. The molecule has 0 fully saturated rings. The summed E-state index contributed by atoms with van der Waals surface area (Å²) in [6.45, 7) is 6.51. The Morgan fingerprint density at radius 1 is 1.09 bits per heavy atom. The van der Waals surface area contributed by atoms with E-state index < -0.39 is 0 Å². The number of carbonyl (C=O) groups is 1. The van der Waals surface area contributed by atoms with Gasteiger partial charge in [0.05, 0.1) is 5.56 Å². The Morgan fingerprint density at radius 2 is 1.82 bits per heavy atom. The average Bonchev–Trinajstić information content (AvgIpc) is 2.54. The standard InChI is InChI=1S/C19H20O3/c1-3-7-16-12-15(2)13-17(14-20)19(16)22-11-10-21-18-8-5-4-6-9-18/h3-6,8-9,12-14H,1,7,10-11H2,2H3. The van der Waals surface area contributed by atoms with Gasteiger partial charge in [-0.05, 0) is 42.7 Å². The molecule has 2 aromatic carbocycles. The number of allylic oxidation sites excluding steroid dienone is 1. The van der Waals surface area contributed by atoms with Crippen molar-refractivity contribution in [1.82, 2.24) is 0 Å². The van der Waals surface area contributed by atoms with E-state index in [-0.39, 0.29) is 0 Å². The fourth-order valence-electron chi connectivity index (χ4n) is 2.27. The summed E-state index contributed by atoms with van der Waals surface area (Å²) in [5, 5.41) is 0. The molecule has 0 heterocycles. The molecule has 0 aliphatic carbocycles. The van der Waals surface area contributed by atoms with Crippen LogP contribution in [0, 0.1) is 6.92 Å². The van der Waals surface area contributed by atoms with Gasteiger partial charge >= 0.3 is 0 Å². The minimum atomic E-state index is 0.378. The monoisotopic (exact) mass is 296 g/mol. The number of hydrogen-bond donors (Lipinski definition) is 0. The van der Waals surface area contributed by atoms with Crippen molar-refractivity contribution in [3.63, 3.8) is 0 Å². The van der Waals surface area contributed by atoms with E-state index in [0.29, 0.717) is 30.9 Å². The highest BCUT2D eigenvalue weighted by molar-refractivity contribution is 5.80. The molecule has 0 spiro atoms. The molecule has 3 heteroatoms. The Morgan fingerprint density at radius 3 is 2.50 bits per heavy atom. The normalized spacial score (nSPS) is 10.0. The number of ether oxygens (including phenoxy) is 2. The maximum Gasteiger partial charge on any atom is 0.153 e. The fourth-order valence-corrected chi connectivity index (χ4v) is 2.27. The van der Waals surface area contributed by atoms with Crippen LogP contribution >= 0.6 is 0 Å². The largest absolute Gasteiger partial charge is 0.490 e. The van der Waals surface area contributed by atoms with Crippen LogP contribution in [0.3, 0.4) is 0 Å². The van der Waals surface area contributed by atoms with Crippen LogP contribution < -0.4 is 9.47 Å². The molecular weight excluding hydrogens is 276 g/mol. The Bertz CT molecular complexity index is 633. The van der Waals surface area contributed by atoms with Gasteiger partial charge in [-0.3, -0.25) is 4.79 Å². The summed E-state index contributed by atoms with van der Waals surface area (Å²) in [6.07, 6.45) is 3.29. The maximum atomic E-state index is 11.3. The third-order valence-corrected chi connectivity index (χ3v) is 3.17. The molecule has 0 unspecified atom stereocenters. The SMILES string of the molecule is C=CCc1cc(C)cc(C=O)c1OCCOc1ccccc1. The summed E-state index contributed by atoms with van der Waals surface area (Å²) in [7, 11) is 0. The summed E-state index contributed by atoms with van der Waals surface area (Å²) < 4.78 is 11.4. The second-order valence-electron chi connectivity index (χ2n) is 4.96. The minimum absolute atomic E-state index is 0.378. The van der Waals surface area contributed by atoms with E-state index in [1.165, 1.54) is 0 Å². The van der Waals surface area contributed by atoms with E-state index in [1.54, 1.807) is 6.08 Å². The molecule has 0 bridgehead atoms. The molecule has 22 heavy (non-hydrogen) atoms. The van der Waals surface area contributed by atoms with Gasteiger partial charge in [0, 0.05) is 0 Å². The van der Waals surface area contributed by atoms with Crippen LogP contribution in [0.2, 0.25) is 0 Å². The quantitative estimate of drug-likeness (QED) is 0.420. The van der Waals surface area contributed by atoms with Crippen molar-refractivity contribution in [2.45, 2.75) is 13.3 Å². The highest BCUT2D eigenvalue weighted by Gasteiger charge is 2.10. The van der Waals surface area contributed by atoms with E-state index in [1.807, 2.05) is 49.4 Å². The van der Waals surface area contributed by atoms with Crippen LogP contribution in [0.5, 0.6) is 11.5 Å². The summed E-state index contributed by atoms with van der Waals surface area (Å²) >= 11 is 0. The number of para-hydroxylation sites is 1. The van der Waals surface area contributed by atoms with Crippen molar-refractivity contribution < 1.29 is 14.3 Å². The number of aryl methyl sites for hydroxylation is 1. The average molecular weight is 296 g/mol. The van der Waals surface area contributed by atoms with Gasteiger partial charge < -0.3 is 9.47 Å². The van der Waals surface area contributed by atoms with Gasteiger partial charge in [0.1, 0.15) is 24.7 Å². The Kier molecular flexibility index (Phi) is 5.78. The topological polar surface area (TPSA) is 35.5 Å². The van der Waals surface area contributed by atoms with Crippen LogP contribution in [-0.4, -0.2) is 19.5 Å². The molecule has 0 N–H and O–H groups in total. The zero-order chi connectivity index (χ0) is 15.8. The predicted octanol–water partition coefficient (Wildman–Crippen LogP) is 3.99. The second kappa shape index (κ2) is 8.03. The van der Waals surface area contributed by atoms with Gasteiger partial charge in [-0.2, -0.15) is 0 Å². The minimum Gasteiger partial charge on any atom is -0.490 e. The summed E-state index contributed by atoms with van der Waals surface area (Å²) in [4.78, 5) is 11.3. The molecule has 2 aromatic rings. The van der Waals surface area contributed by atoms with Crippen LogP contribution in [0.15, 0.2) is 55.1 Å². The first-order valence-corrected chi connectivity index (χ1v) is 7.25. The van der Waals surface area contributed by atoms with Crippen molar-refractivity contribution in [1.29, 1.82) is 0 Å². The molecule has 3 nitrogen and oxygen atoms in total. The van der Waals surface area contributed by atoms with Gasteiger partial charge in [-0.15, -0.1) is 6.58 Å². The molecule has 0 radical (unpaired) electrons. The van der Waals surface area contributed by atoms with Gasteiger partial charge in [0.25, 0.3) is 0 Å². The summed E-state index contributed by atoms with van der Waals surface area (Å²) in [6, 6.07) is 13.4. The fraction of sp³-hybridized carbons (Fsp3) is 0.211. The van der Waals surface area contributed by atoms with Gasteiger partial charge in [0.2, 0.25) is 0 Å². The summed E-state index contributed by atoms with van der Waals surface area (Å²) in [5.74, 6) is 1.43. The molecule has 0 amide bonds. The molecule has 0 atom stereocenters. The van der Waals surface area contributed by atoms with Crippen LogP contribution in [-0.2, 0) is 6.42 Å². The third-order valence-electron chi connectivity index (χ3n) is 3.17. The van der Waals surface area contributed by atoms with E-state index in [0.717, 1.165) is 23.2 Å². The third kappa shape index (κ3) is 4.22. The van der Waals surface area contributed by atoms with Crippen molar-refractivity contribution >= 4 is 6.29 Å². The molecule has 114 valence electrons. The van der Waals surface area contributed by atoms with E-state index in [4.69, 9.17) is 9.47 Å². The lowest BCUT2D eigenvalue weighted by Crippen LogP contribution is -2.11. The van der Waals surface area contributed by atoms with Gasteiger partial charge in [-0.1, -0.05) is 30.3 Å². The van der Waals surface area contributed by atoms with Crippen molar-refractivity contribution in [3.05, 3.63) is 71.8 Å². The highest BCUT2D eigenvalue weighted by atomic mass is 16.5. The van der Waals surface area contributed by atoms with E-state index in [2.05, 4.69) is 6.58 Å². The Hall–Kier alpha value is -2.55. The molecule has 0 aromatic heterocycles. The van der Waals surface area contributed by atoms with E-state index >= 15 is 0 Å². The molecule has 0 aliphatic heterocycles. The van der Waals surface area contributed by atoms with Gasteiger partial charge in [0.15, 0.2) is 6.29 Å². The lowest BCUT2D eigenvalue weighted by molar-refractivity contribution is 0.111. The van der Waals surface area contributed by atoms with Gasteiger partial charge in [-0.25, -0.2) is 0 Å². The second-order valence-corrected chi connectivity index (χ2v) is 4.96. The van der Waals surface area contributed by atoms with Crippen molar-refractivity contribution in [3.8, 4) is 11.5 Å². The Balaban J connectivity index is 2.02. The predicted molar refractivity (Wildman–Crippen MR) is 87.9 cm³/mol. The number of benzene rings is 2. The number of carbonyl (C=O) groups excluding carboxylic acids is 1. The first-order valence-electron chi connectivity index (χ1n) is 7.25. The number of rotatable bonds is 8. The number of aldehydes is 1. The smallest absolute Gasteiger partial charge is 0.153 e. The van der Waals surface area contributed by atoms with Crippen LogP contribution in [0.25, 0.3) is 0 Å². The zero-order valence-electron chi connectivity index (χ0n) is 12.7. The highest BCUT2D eigenvalue weighted by Crippen LogP contribution is 2.25. The lowest BCUT2D eigenvalue weighted by Gasteiger charge is -2.14. The Labute approximate surface area is 131 Å². The van der Waals surface area contributed by atoms with Crippen molar-refractivity contribution in [2.24, 2.45) is 0 Å².